The van der Waals surface area contributed by atoms with Crippen molar-refractivity contribution in [2.24, 2.45) is 0 Å². The molecule has 0 spiro atoms. The van der Waals surface area contributed by atoms with Gasteiger partial charge in [0.05, 0.1) is 4.47 Å². The number of nitrogens with one attached hydrogen (secondary N) is 1. The van der Waals surface area contributed by atoms with Crippen molar-refractivity contribution < 1.29 is 0 Å². The number of H-pyrrole nitrogens is 1. The van der Waals surface area contributed by atoms with Gasteiger partial charge in [-0.1, -0.05) is 0 Å². The fraction of sp³-hybridized carbons (Fsp3) is 0. The summed E-state index contributed by atoms with van der Waals surface area (Å²) < 4.78 is 0.654. The predicted molar refractivity (Wildman–Crippen MR) is 67.5 cm³/mol. The van der Waals surface area contributed by atoms with Crippen LogP contribution in [0.5, 0.6) is 0 Å². The number of hydrogen-bond donors (Lipinski definition) is 3. The lowest BCUT2D eigenvalue weighted by Gasteiger charge is -2.03. The van der Waals surface area contributed by atoms with Gasteiger partial charge in [0.15, 0.2) is 5.16 Å². The lowest BCUT2D eigenvalue weighted by molar-refractivity contribution is 0.936. The quantitative estimate of drug-likeness (QED) is 0.548. The molecule has 9 heteroatoms. The molecule has 0 aliphatic rings. The summed E-state index contributed by atoms with van der Waals surface area (Å²) in [6.07, 6.45) is 1.52. The first-order chi connectivity index (χ1) is 8.04. The number of halogens is 1. The highest BCUT2D eigenvalue weighted by molar-refractivity contribution is 9.10. The predicted octanol–water partition coefficient (Wildman–Crippen LogP) is 0.638. The van der Waals surface area contributed by atoms with Crippen molar-refractivity contribution in [2.75, 3.05) is 11.5 Å². The van der Waals surface area contributed by atoms with Gasteiger partial charge in [0.2, 0.25) is 5.95 Å². The van der Waals surface area contributed by atoms with Crippen molar-refractivity contribution >= 4 is 39.5 Å². The summed E-state index contributed by atoms with van der Waals surface area (Å²) >= 11 is 4.40. The SMILES string of the molecule is Nc1cc(=O)[nH]c(Sc2nc(N)ncc2Br)n1. The first-order valence-electron chi connectivity index (χ1n) is 4.37. The highest BCUT2D eigenvalue weighted by Crippen LogP contribution is 2.29. The molecule has 0 bridgehead atoms. The van der Waals surface area contributed by atoms with Crippen LogP contribution in [0.2, 0.25) is 0 Å². The molecular formula is C8H7BrN6OS. The molecule has 17 heavy (non-hydrogen) atoms. The molecule has 2 aromatic rings. The number of hydrogen-bond acceptors (Lipinski definition) is 7. The largest absolute Gasteiger partial charge is 0.383 e. The van der Waals surface area contributed by atoms with E-state index >= 15 is 0 Å². The maximum atomic E-state index is 11.2. The van der Waals surface area contributed by atoms with Gasteiger partial charge in [-0.2, -0.15) is 0 Å². The number of aromatic nitrogens is 4. The van der Waals surface area contributed by atoms with E-state index in [2.05, 4.69) is 35.9 Å². The van der Waals surface area contributed by atoms with Crippen LogP contribution in [0, 0.1) is 0 Å². The van der Waals surface area contributed by atoms with Crippen LogP contribution in [0.3, 0.4) is 0 Å². The number of nitrogen functional groups attached to an aromatic ring is 2. The van der Waals surface area contributed by atoms with E-state index < -0.39 is 0 Å². The molecule has 0 saturated heterocycles. The van der Waals surface area contributed by atoms with Crippen LogP contribution >= 0.6 is 27.7 Å². The van der Waals surface area contributed by atoms with Crippen LogP contribution in [0.15, 0.2) is 31.7 Å². The molecule has 0 aliphatic heterocycles. The molecular weight excluding hydrogens is 308 g/mol. The van der Waals surface area contributed by atoms with E-state index in [1.54, 1.807) is 0 Å². The first-order valence-corrected chi connectivity index (χ1v) is 5.98. The molecule has 0 aromatic carbocycles. The van der Waals surface area contributed by atoms with E-state index in [-0.39, 0.29) is 17.3 Å². The van der Waals surface area contributed by atoms with Gasteiger partial charge in [-0.15, -0.1) is 0 Å². The Balaban J connectivity index is 2.37. The Morgan fingerprint density at radius 2 is 2.12 bits per heavy atom. The third-order valence-electron chi connectivity index (χ3n) is 1.66. The van der Waals surface area contributed by atoms with E-state index in [0.29, 0.717) is 14.7 Å². The second-order valence-corrected chi connectivity index (χ2v) is 4.79. The van der Waals surface area contributed by atoms with Gasteiger partial charge in [-0.05, 0) is 27.7 Å². The monoisotopic (exact) mass is 314 g/mol. The van der Waals surface area contributed by atoms with Gasteiger partial charge < -0.3 is 16.5 Å². The number of nitrogens with two attached hydrogens (primary N) is 2. The van der Waals surface area contributed by atoms with E-state index in [9.17, 15) is 4.79 Å². The number of nitrogens with zero attached hydrogens (tertiary/aromatic N) is 3. The zero-order chi connectivity index (χ0) is 12.4. The molecule has 7 nitrogen and oxygen atoms in total. The zero-order valence-corrected chi connectivity index (χ0v) is 10.7. The van der Waals surface area contributed by atoms with Crippen LogP contribution in [-0.2, 0) is 0 Å². The lowest BCUT2D eigenvalue weighted by atomic mass is 10.6. The molecule has 0 radical (unpaired) electrons. The Kier molecular flexibility index (Phi) is 3.29. The minimum absolute atomic E-state index is 0.141. The van der Waals surface area contributed by atoms with Crippen molar-refractivity contribution in [2.45, 2.75) is 10.2 Å². The Morgan fingerprint density at radius 1 is 1.35 bits per heavy atom. The first kappa shape index (κ1) is 11.9. The third kappa shape index (κ3) is 2.94. The molecule has 0 aliphatic carbocycles. The molecule has 0 unspecified atom stereocenters. The van der Waals surface area contributed by atoms with Crippen molar-refractivity contribution in [3.05, 3.63) is 27.1 Å². The Labute approximate surface area is 108 Å². The van der Waals surface area contributed by atoms with Crippen LogP contribution < -0.4 is 17.0 Å². The van der Waals surface area contributed by atoms with Crippen LogP contribution in [0.1, 0.15) is 0 Å². The van der Waals surface area contributed by atoms with Crippen molar-refractivity contribution in [1.29, 1.82) is 0 Å². The smallest absolute Gasteiger partial charge is 0.253 e. The maximum absolute atomic E-state index is 11.2. The minimum atomic E-state index is -0.321. The molecule has 0 saturated carbocycles. The molecule has 0 amide bonds. The third-order valence-corrected chi connectivity index (χ3v) is 3.40. The molecule has 2 rings (SSSR count). The fourth-order valence-electron chi connectivity index (χ4n) is 1.03. The number of rotatable bonds is 2. The highest BCUT2D eigenvalue weighted by atomic mass is 79.9. The van der Waals surface area contributed by atoms with E-state index in [0.717, 1.165) is 11.8 Å². The average molecular weight is 315 g/mol. The van der Waals surface area contributed by atoms with Gasteiger partial charge in [0, 0.05) is 12.3 Å². The second kappa shape index (κ2) is 4.72. The summed E-state index contributed by atoms with van der Waals surface area (Å²) in [7, 11) is 0. The summed E-state index contributed by atoms with van der Waals surface area (Å²) in [6, 6.07) is 1.20. The van der Waals surface area contributed by atoms with Crippen LogP contribution in [-0.4, -0.2) is 19.9 Å². The van der Waals surface area contributed by atoms with Crippen molar-refractivity contribution in [3.8, 4) is 0 Å². The standard InChI is InChI=1S/C8H7BrN6OS/c9-3-2-12-7(11)15-6(3)17-8-13-4(10)1-5(16)14-8/h1-2H,(H2,11,12,15)(H3,10,13,14,16). The Morgan fingerprint density at radius 3 is 2.82 bits per heavy atom. The van der Waals surface area contributed by atoms with Crippen molar-refractivity contribution in [1.82, 2.24) is 19.9 Å². The summed E-state index contributed by atoms with van der Waals surface area (Å²) in [5, 5.41) is 0.889. The Bertz CT molecular complexity index is 615. The van der Waals surface area contributed by atoms with Gasteiger partial charge in [0.1, 0.15) is 10.8 Å². The molecule has 0 fully saturated rings. The number of anilines is 2. The van der Waals surface area contributed by atoms with Crippen LogP contribution in [0.4, 0.5) is 11.8 Å². The lowest BCUT2D eigenvalue weighted by Crippen LogP contribution is -2.09. The Hall–Kier alpha value is -1.61. The molecule has 2 aromatic heterocycles. The minimum Gasteiger partial charge on any atom is -0.383 e. The van der Waals surface area contributed by atoms with Gasteiger partial charge >= 0.3 is 0 Å². The second-order valence-electron chi connectivity index (χ2n) is 2.96. The van der Waals surface area contributed by atoms with E-state index in [4.69, 9.17) is 11.5 Å². The number of aromatic amines is 1. The topological polar surface area (TPSA) is 124 Å². The summed E-state index contributed by atoms with van der Waals surface area (Å²) in [5.41, 5.74) is 10.6. The highest BCUT2D eigenvalue weighted by Gasteiger charge is 2.08. The molecule has 5 N–H and O–H groups in total. The average Bonchev–Trinajstić information content (AvgIpc) is 2.22. The molecule has 88 valence electrons. The van der Waals surface area contributed by atoms with Gasteiger partial charge in [-0.25, -0.2) is 15.0 Å². The maximum Gasteiger partial charge on any atom is 0.253 e. The fourth-order valence-corrected chi connectivity index (χ4v) is 2.24. The summed E-state index contributed by atoms with van der Waals surface area (Å²) in [5.74, 6) is 0.288. The van der Waals surface area contributed by atoms with Crippen molar-refractivity contribution in [3.63, 3.8) is 0 Å². The normalized spacial score (nSPS) is 10.4. The van der Waals surface area contributed by atoms with E-state index in [1.165, 1.54) is 12.3 Å². The molecule has 2 heterocycles. The zero-order valence-electron chi connectivity index (χ0n) is 8.35. The van der Waals surface area contributed by atoms with Gasteiger partial charge in [0.25, 0.3) is 5.56 Å². The van der Waals surface area contributed by atoms with Crippen LogP contribution in [0.25, 0.3) is 0 Å². The summed E-state index contributed by atoms with van der Waals surface area (Å²) in [6.45, 7) is 0. The molecule has 0 atom stereocenters. The summed E-state index contributed by atoms with van der Waals surface area (Å²) in [4.78, 5) is 25.5. The van der Waals surface area contributed by atoms with E-state index in [1.807, 2.05) is 0 Å². The van der Waals surface area contributed by atoms with Gasteiger partial charge in [-0.3, -0.25) is 4.79 Å².